The van der Waals surface area contributed by atoms with Crippen LogP contribution in [0, 0.1) is 10.1 Å². The van der Waals surface area contributed by atoms with Crippen molar-refractivity contribution in [3.63, 3.8) is 0 Å². The summed E-state index contributed by atoms with van der Waals surface area (Å²) in [5.41, 5.74) is 5.16. The molecule has 166 valence electrons. The van der Waals surface area contributed by atoms with Gasteiger partial charge in [-0.25, -0.2) is 0 Å². The zero-order chi connectivity index (χ0) is 22.9. The van der Waals surface area contributed by atoms with E-state index in [4.69, 9.17) is 4.74 Å². The first-order valence-electron chi connectivity index (χ1n) is 10.8. The number of fused-ring (bicyclic) bond motifs is 1. The van der Waals surface area contributed by atoms with E-state index in [1.807, 2.05) is 54.6 Å². The number of ketones is 1. The van der Waals surface area contributed by atoms with E-state index in [2.05, 4.69) is 10.6 Å². The van der Waals surface area contributed by atoms with E-state index in [9.17, 15) is 14.9 Å². The van der Waals surface area contributed by atoms with Crippen LogP contribution in [0.4, 0.5) is 17.1 Å². The summed E-state index contributed by atoms with van der Waals surface area (Å²) in [5, 5.41) is 18.3. The first-order valence-corrected chi connectivity index (χ1v) is 10.8. The first kappa shape index (κ1) is 20.8. The molecule has 0 saturated carbocycles. The van der Waals surface area contributed by atoms with Crippen LogP contribution in [-0.4, -0.2) is 17.8 Å². The Balaban J connectivity index is 1.58. The van der Waals surface area contributed by atoms with Gasteiger partial charge in [0.1, 0.15) is 5.75 Å². The van der Waals surface area contributed by atoms with Crippen LogP contribution in [0.5, 0.6) is 5.75 Å². The summed E-state index contributed by atoms with van der Waals surface area (Å²) < 4.78 is 5.30. The fourth-order valence-electron chi connectivity index (χ4n) is 4.67. The SMILES string of the molecule is COc1ccc(C2Nc3ccccc3NC3=C2C(=O)CC(c2cccc([N+](=O)[O-])c2)C3)cc1. The number of methoxy groups -OCH3 is 1. The van der Waals surface area contributed by atoms with Gasteiger partial charge in [0, 0.05) is 29.8 Å². The third-order valence-corrected chi connectivity index (χ3v) is 6.31. The van der Waals surface area contributed by atoms with Crippen molar-refractivity contribution in [1.82, 2.24) is 0 Å². The maximum atomic E-state index is 13.5. The molecule has 7 nitrogen and oxygen atoms in total. The number of carbonyl (C=O) groups is 1. The Hall–Kier alpha value is -4.13. The maximum Gasteiger partial charge on any atom is 0.269 e. The van der Waals surface area contributed by atoms with Gasteiger partial charge in [0.2, 0.25) is 0 Å². The molecule has 0 aromatic heterocycles. The molecule has 3 aromatic carbocycles. The van der Waals surface area contributed by atoms with E-state index in [-0.39, 0.29) is 23.4 Å². The fraction of sp³-hybridized carbons (Fsp3) is 0.192. The molecule has 2 N–H and O–H groups in total. The second kappa shape index (κ2) is 8.43. The number of anilines is 2. The maximum absolute atomic E-state index is 13.5. The molecule has 5 rings (SSSR count). The van der Waals surface area contributed by atoms with Crippen LogP contribution in [-0.2, 0) is 4.79 Å². The highest BCUT2D eigenvalue weighted by atomic mass is 16.6. The smallest absolute Gasteiger partial charge is 0.269 e. The van der Waals surface area contributed by atoms with Gasteiger partial charge in [-0.15, -0.1) is 0 Å². The minimum Gasteiger partial charge on any atom is -0.497 e. The van der Waals surface area contributed by atoms with Crippen molar-refractivity contribution < 1.29 is 14.5 Å². The lowest BCUT2D eigenvalue weighted by Gasteiger charge is -2.30. The van der Waals surface area contributed by atoms with Crippen LogP contribution in [0.3, 0.4) is 0 Å². The Morgan fingerprint density at radius 1 is 0.939 bits per heavy atom. The Morgan fingerprint density at radius 2 is 1.70 bits per heavy atom. The van der Waals surface area contributed by atoms with Gasteiger partial charge < -0.3 is 15.4 Å². The van der Waals surface area contributed by atoms with Crippen LogP contribution in [0.1, 0.15) is 35.9 Å². The molecule has 0 bridgehead atoms. The molecule has 1 aliphatic carbocycles. The highest BCUT2D eigenvalue weighted by Gasteiger charge is 2.36. The van der Waals surface area contributed by atoms with E-state index in [0.717, 1.165) is 33.9 Å². The van der Waals surface area contributed by atoms with Crippen molar-refractivity contribution >= 4 is 22.8 Å². The summed E-state index contributed by atoms with van der Waals surface area (Å²) in [7, 11) is 1.62. The number of para-hydroxylation sites is 2. The lowest BCUT2D eigenvalue weighted by atomic mass is 9.78. The van der Waals surface area contributed by atoms with Gasteiger partial charge in [0.15, 0.2) is 5.78 Å². The van der Waals surface area contributed by atoms with E-state index < -0.39 is 4.92 Å². The predicted molar refractivity (Wildman–Crippen MR) is 127 cm³/mol. The lowest BCUT2D eigenvalue weighted by molar-refractivity contribution is -0.384. The zero-order valence-corrected chi connectivity index (χ0v) is 18.1. The number of nitrogens with zero attached hydrogens (tertiary/aromatic N) is 1. The number of non-ortho nitro benzene ring substituents is 1. The average molecular weight is 441 g/mol. The van der Waals surface area contributed by atoms with Crippen LogP contribution < -0.4 is 15.4 Å². The molecule has 0 amide bonds. The van der Waals surface area contributed by atoms with Crippen molar-refractivity contribution in [2.75, 3.05) is 17.7 Å². The molecular weight excluding hydrogens is 418 g/mol. The lowest BCUT2D eigenvalue weighted by Crippen LogP contribution is -2.26. The Kier molecular flexibility index (Phi) is 5.30. The molecule has 3 aromatic rings. The number of nitro benzene ring substituents is 1. The molecule has 33 heavy (non-hydrogen) atoms. The van der Waals surface area contributed by atoms with E-state index in [0.29, 0.717) is 18.4 Å². The molecule has 7 heteroatoms. The van der Waals surface area contributed by atoms with Crippen LogP contribution in [0.15, 0.2) is 84.1 Å². The molecule has 2 unspecified atom stereocenters. The Labute approximate surface area is 191 Å². The highest BCUT2D eigenvalue weighted by molar-refractivity contribution is 6.01. The van der Waals surface area contributed by atoms with E-state index in [1.165, 1.54) is 6.07 Å². The standard InChI is InChI=1S/C26H23N3O4/c1-33-20-11-9-16(10-12-20)26-25-23(27-21-7-2-3-8-22(21)28-26)14-18(15-24(25)30)17-5-4-6-19(13-17)29(31)32/h2-13,18,26-28H,14-15H2,1H3. The summed E-state index contributed by atoms with van der Waals surface area (Å²) in [6.07, 6.45) is 0.886. The van der Waals surface area contributed by atoms with E-state index in [1.54, 1.807) is 19.2 Å². The van der Waals surface area contributed by atoms with Crippen LogP contribution in [0.25, 0.3) is 0 Å². The van der Waals surface area contributed by atoms with Gasteiger partial charge in [0.25, 0.3) is 5.69 Å². The minimum atomic E-state index is -0.400. The second-order valence-corrected chi connectivity index (χ2v) is 8.29. The van der Waals surface area contributed by atoms with Crippen molar-refractivity contribution in [1.29, 1.82) is 0 Å². The number of Topliss-reactive ketones (excluding diaryl/α,β-unsaturated/α-hetero) is 1. The van der Waals surface area contributed by atoms with E-state index >= 15 is 0 Å². The molecule has 0 radical (unpaired) electrons. The van der Waals surface area contributed by atoms with Gasteiger partial charge in [-0.05, 0) is 47.7 Å². The minimum absolute atomic E-state index is 0.0291. The highest BCUT2D eigenvalue weighted by Crippen LogP contribution is 2.44. The van der Waals surface area contributed by atoms with Crippen molar-refractivity contribution in [2.45, 2.75) is 24.8 Å². The molecular formula is C26H23N3O4. The molecule has 2 aliphatic rings. The molecule has 1 aliphatic heterocycles. The van der Waals surface area contributed by atoms with Crippen LogP contribution >= 0.6 is 0 Å². The summed E-state index contributed by atoms with van der Waals surface area (Å²) in [6.45, 7) is 0. The summed E-state index contributed by atoms with van der Waals surface area (Å²) in [6, 6.07) is 21.9. The first-order chi connectivity index (χ1) is 16.0. The summed E-state index contributed by atoms with van der Waals surface area (Å²) >= 11 is 0. The number of nitro groups is 1. The molecule has 2 atom stereocenters. The Bertz CT molecular complexity index is 1270. The fourth-order valence-corrected chi connectivity index (χ4v) is 4.67. The normalized spacial score (nSPS) is 19.5. The number of nitrogens with one attached hydrogen (secondary N) is 2. The van der Waals surface area contributed by atoms with Gasteiger partial charge in [-0.2, -0.15) is 0 Å². The molecule has 0 fully saturated rings. The number of hydrogen-bond acceptors (Lipinski definition) is 6. The number of allylic oxidation sites excluding steroid dienone is 1. The summed E-state index contributed by atoms with van der Waals surface area (Å²) in [5.74, 6) is 0.646. The van der Waals surface area contributed by atoms with Crippen molar-refractivity contribution in [3.8, 4) is 5.75 Å². The van der Waals surface area contributed by atoms with Crippen molar-refractivity contribution in [3.05, 3.63) is 105 Å². The van der Waals surface area contributed by atoms with Gasteiger partial charge in [0.05, 0.1) is 29.4 Å². The van der Waals surface area contributed by atoms with Crippen molar-refractivity contribution in [2.24, 2.45) is 0 Å². The third kappa shape index (κ3) is 3.93. The van der Waals surface area contributed by atoms with Gasteiger partial charge in [-0.3, -0.25) is 14.9 Å². The van der Waals surface area contributed by atoms with Crippen LogP contribution in [0.2, 0.25) is 0 Å². The zero-order valence-electron chi connectivity index (χ0n) is 18.1. The Morgan fingerprint density at radius 3 is 2.42 bits per heavy atom. The molecule has 1 heterocycles. The monoisotopic (exact) mass is 441 g/mol. The largest absolute Gasteiger partial charge is 0.497 e. The predicted octanol–water partition coefficient (Wildman–Crippen LogP) is 5.58. The third-order valence-electron chi connectivity index (χ3n) is 6.31. The average Bonchev–Trinajstić information content (AvgIpc) is 3.01. The molecule has 0 spiro atoms. The number of benzene rings is 3. The summed E-state index contributed by atoms with van der Waals surface area (Å²) in [4.78, 5) is 24.4. The number of hydrogen-bond donors (Lipinski definition) is 2. The molecule has 0 saturated heterocycles. The topological polar surface area (TPSA) is 93.5 Å². The second-order valence-electron chi connectivity index (χ2n) is 8.29. The number of ether oxygens (including phenoxy) is 1. The number of carbonyl (C=O) groups excluding carboxylic acids is 1. The quantitative estimate of drug-likeness (QED) is 0.405. The van der Waals surface area contributed by atoms with Gasteiger partial charge >= 0.3 is 0 Å². The van der Waals surface area contributed by atoms with Gasteiger partial charge in [-0.1, -0.05) is 36.4 Å². The number of rotatable bonds is 4.